The zero-order valence-corrected chi connectivity index (χ0v) is 14.2. The Balaban J connectivity index is 4.19. The topological polar surface area (TPSA) is 37.3 Å². The van der Waals surface area contributed by atoms with Gasteiger partial charge in [-0.2, -0.15) is 0 Å². The van der Waals surface area contributed by atoms with Gasteiger partial charge in [-0.25, -0.2) is 4.79 Å². The normalized spacial score (nSPS) is 13.4. The van der Waals surface area contributed by atoms with Crippen molar-refractivity contribution in [2.75, 3.05) is 19.6 Å². The third kappa shape index (κ3) is 6.25. The summed E-state index contributed by atoms with van der Waals surface area (Å²) in [7, 11) is 0. The van der Waals surface area contributed by atoms with Gasteiger partial charge in [0.05, 0.1) is 19.6 Å². The largest absolute Gasteiger partial charge is 0.477 e. The highest BCUT2D eigenvalue weighted by Crippen LogP contribution is 2.20. The first kappa shape index (κ1) is 19.4. The summed E-state index contributed by atoms with van der Waals surface area (Å²) in [4.78, 5) is 11.6. The SMILES string of the molecule is CCCCCCCCCC(C(=O)O)[N+](CC)(CC)CC. The predicted molar refractivity (Wildman–Crippen MR) is 85.9 cm³/mol. The van der Waals surface area contributed by atoms with Gasteiger partial charge in [-0.15, -0.1) is 0 Å². The van der Waals surface area contributed by atoms with Crippen molar-refractivity contribution in [1.29, 1.82) is 0 Å². The van der Waals surface area contributed by atoms with Crippen LogP contribution in [0.2, 0.25) is 0 Å². The molecule has 0 aliphatic carbocycles. The van der Waals surface area contributed by atoms with E-state index in [1.54, 1.807) is 0 Å². The summed E-state index contributed by atoms with van der Waals surface area (Å²) in [6.07, 6.45) is 9.59. The number of hydrogen-bond donors (Lipinski definition) is 1. The van der Waals surface area contributed by atoms with Gasteiger partial charge in [-0.3, -0.25) is 0 Å². The van der Waals surface area contributed by atoms with Crippen molar-refractivity contribution >= 4 is 5.97 Å². The highest BCUT2D eigenvalue weighted by molar-refractivity contribution is 5.72. The van der Waals surface area contributed by atoms with E-state index in [9.17, 15) is 9.90 Å². The molecule has 120 valence electrons. The van der Waals surface area contributed by atoms with Crippen LogP contribution >= 0.6 is 0 Å². The number of carboxylic acid groups (broad SMARTS) is 1. The fourth-order valence-corrected chi connectivity index (χ4v) is 3.26. The van der Waals surface area contributed by atoms with E-state index in [0.717, 1.165) is 37.0 Å². The smallest absolute Gasteiger partial charge is 0.362 e. The molecule has 20 heavy (non-hydrogen) atoms. The van der Waals surface area contributed by atoms with Crippen LogP contribution in [0, 0.1) is 0 Å². The van der Waals surface area contributed by atoms with E-state index < -0.39 is 5.97 Å². The van der Waals surface area contributed by atoms with Crippen molar-refractivity contribution in [2.24, 2.45) is 0 Å². The monoisotopic (exact) mass is 286 g/mol. The molecule has 3 heteroatoms. The van der Waals surface area contributed by atoms with Crippen molar-refractivity contribution in [1.82, 2.24) is 0 Å². The van der Waals surface area contributed by atoms with Crippen LogP contribution in [0.4, 0.5) is 0 Å². The molecule has 0 fully saturated rings. The maximum Gasteiger partial charge on any atom is 0.362 e. The van der Waals surface area contributed by atoms with E-state index in [0.29, 0.717) is 0 Å². The Morgan fingerprint density at radius 3 is 1.70 bits per heavy atom. The summed E-state index contributed by atoms with van der Waals surface area (Å²) in [5.41, 5.74) is 0. The molecule has 0 amide bonds. The first-order valence-electron chi connectivity index (χ1n) is 8.66. The lowest BCUT2D eigenvalue weighted by atomic mass is 10.0. The fraction of sp³-hybridized carbons (Fsp3) is 0.941. The molecule has 0 radical (unpaired) electrons. The summed E-state index contributed by atoms with van der Waals surface area (Å²) in [6, 6.07) is -0.217. The minimum atomic E-state index is -0.610. The molecular weight excluding hydrogens is 250 g/mol. The maximum atomic E-state index is 11.6. The van der Waals surface area contributed by atoms with E-state index >= 15 is 0 Å². The second-order valence-electron chi connectivity index (χ2n) is 5.93. The van der Waals surface area contributed by atoms with E-state index in [2.05, 4.69) is 27.7 Å². The molecule has 0 aromatic carbocycles. The lowest BCUT2D eigenvalue weighted by Gasteiger charge is -2.40. The number of quaternary nitrogens is 1. The highest BCUT2D eigenvalue weighted by atomic mass is 16.4. The van der Waals surface area contributed by atoms with Crippen LogP contribution in [0.3, 0.4) is 0 Å². The number of nitrogens with zero attached hydrogens (tertiary/aromatic N) is 1. The molecule has 0 bridgehead atoms. The zero-order chi connectivity index (χ0) is 15.4. The number of carboxylic acids is 1. The van der Waals surface area contributed by atoms with Crippen molar-refractivity contribution < 1.29 is 14.4 Å². The number of likely N-dealkylation sites (N-methyl/N-ethyl adjacent to an activating group) is 1. The van der Waals surface area contributed by atoms with Crippen LogP contribution in [0.1, 0.15) is 79.1 Å². The first-order valence-corrected chi connectivity index (χ1v) is 8.66. The van der Waals surface area contributed by atoms with Crippen LogP contribution < -0.4 is 0 Å². The zero-order valence-electron chi connectivity index (χ0n) is 14.2. The Hall–Kier alpha value is -0.570. The molecule has 0 aromatic heterocycles. The van der Waals surface area contributed by atoms with Crippen molar-refractivity contribution in [2.45, 2.75) is 85.1 Å². The Morgan fingerprint density at radius 2 is 1.30 bits per heavy atom. The number of unbranched alkanes of at least 4 members (excludes halogenated alkanes) is 6. The second-order valence-corrected chi connectivity index (χ2v) is 5.93. The molecule has 0 aliphatic rings. The number of hydrogen-bond acceptors (Lipinski definition) is 1. The lowest BCUT2D eigenvalue weighted by Crippen LogP contribution is -2.58. The molecule has 3 nitrogen and oxygen atoms in total. The van der Waals surface area contributed by atoms with Crippen LogP contribution in [-0.4, -0.2) is 41.2 Å². The fourth-order valence-electron chi connectivity index (χ4n) is 3.26. The standard InChI is InChI=1S/C17H35NO2/c1-5-9-10-11-12-13-14-15-16(17(19)20)18(6-2,7-3)8-4/h16H,5-15H2,1-4H3/p+1. The molecule has 0 aliphatic heterocycles. The number of aliphatic carboxylic acids is 1. The minimum Gasteiger partial charge on any atom is -0.477 e. The van der Waals surface area contributed by atoms with Crippen molar-refractivity contribution in [3.63, 3.8) is 0 Å². The third-order valence-corrected chi connectivity index (χ3v) is 4.92. The summed E-state index contributed by atoms with van der Waals surface area (Å²) < 4.78 is 0.727. The predicted octanol–water partition coefficient (Wildman–Crippen LogP) is 4.46. The molecule has 0 saturated carbocycles. The number of rotatable bonds is 13. The third-order valence-electron chi connectivity index (χ3n) is 4.92. The Kier molecular flexibility index (Phi) is 10.8. The minimum absolute atomic E-state index is 0.217. The summed E-state index contributed by atoms with van der Waals surface area (Å²) in [5.74, 6) is -0.610. The first-order chi connectivity index (χ1) is 9.57. The van der Waals surface area contributed by atoms with Gasteiger partial charge in [-0.05, 0) is 27.2 Å². The van der Waals surface area contributed by atoms with E-state index in [1.165, 1.54) is 38.5 Å². The second kappa shape index (κ2) is 11.1. The molecule has 0 spiro atoms. The molecule has 0 aromatic rings. The average Bonchev–Trinajstić information content (AvgIpc) is 2.45. The van der Waals surface area contributed by atoms with Crippen LogP contribution in [0.5, 0.6) is 0 Å². The van der Waals surface area contributed by atoms with Gasteiger partial charge in [0.2, 0.25) is 0 Å². The Morgan fingerprint density at radius 1 is 0.850 bits per heavy atom. The average molecular weight is 286 g/mol. The van der Waals surface area contributed by atoms with Gasteiger partial charge >= 0.3 is 5.97 Å². The van der Waals surface area contributed by atoms with Gasteiger partial charge in [0.25, 0.3) is 0 Å². The molecule has 1 atom stereocenters. The van der Waals surface area contributed by atoms with Crippen molar-refractivity contribution in [3.8, 4) is 0 Å². The molecular formula is C17H36NO2+. The maximum absolute atomic E-state index is 11.6. The summed E-state index contributed by atoms with van der Waals surface area (Å²) in [6.45, 7) is 11.3. The molecule has 0 saturated heterocycles. The van der Waals surface area contributed by atoms with Crippen LogP contribution in [0.15, 0.2) is 0 Å². The quantitative estimate of drug-likeness (QED) is 0.401. The van der Waals surface area contributed by atoms with Gasteiger partial charge in [0, 0.05) is 6.42 Å². The summed E-state index contributed by atoms with van der Waals surface area (Å²) >= 11 is 0. The Bertz CT molecular complexity index is 241. The van der Waals surface area contributed by atoms with Gasteiger partial charge in [0.1, 0.15) is 0 Å². The van der Waals surface area contributed by atoms with Gasteiger partial charge < -0.3 is 9.59 Å². The molecule has 1 unspecified atom stereocenters. The Labute approximate surface area is 126 Å². The van der Waals surface area contributed by atoms with Crippen LogP contribution in [-0.2, 0) is 4.79 Å². The van der Waals surface area contributed by atoms with E-state index in [-0.39, 0.29) is 6.04 Å². The van der Waals surface area contributed by atoms with E-state index in [1.807, 2.05) is 0 Å². The summed E-state index contributed by atoms with van der Waals surface area (Å²) in [5, 5.41) is 9.56. The number of carbonyl (C=O) groups is 1. The van der Waals surface area contributed by atoms with Crippen LogP contribution in [0.25, 0.3) is 0 Å². The lowest BCUT2D eigenvalue weighted by molar-refractivity contribution is -0.939. The van der Waals surface area contributed by atoms with Gasteiger partial charge in [0.15, 0.2) is 6.04 Å². The molecule has 0 heterocycles. The molecule has 0 rings (SSSR count). The molecule has 1 N–H and O–H groups in total. The van der Waals surface area contributed by atoms with Gasteiger partial charge in [-0.1, -0.05) is 45.4 Å². The van der Waals surface area contributed by atoms with Crippen molar-refractivity contribution in [3.05, 3.63) is 0 Å². The highest BCUT2D eigenvalue weighted by Gasteiger charge is 2.37. The van der Waals surface area contributed by atoms with E-state index in [4.69, 9.17) is 0 Å².